The molecule has 0 spiro atoms. The van der Waals surface area contributed by atoms with Crippen LogP contribution in [0.15, 0.2) is 12.1 Å². The molecule has 0 aromatic heterocycles. The molecule has 1 aromatic carbocycles. The molecular weight excluding hydrogens is 200 g/mol. The third-order valence-electron chi connectivity index (χ3n) is 2.46. The van der Waals surface area contributed by atoms with Gasteiger partial charge in [0.2, 0.25) is 0 Å². The van der Waals surface area contributed by atoms with Gasteiger partial charge in [-0.15, -0.1) is 0 Å². The minimum Gasteiger partial charge on any atom is -0.380 e. The number of methoxy groups -OCH3 is 2. The second kappa shape index (κ2) is 7.42. The van der Waals surface area contributed by atoms with Gasteiger partial charge in [-0.3, -0.25) is 0 Å². The molecule has 2 heteroatoms. The summed E-state index contributed by atoms with van der Waals surface area (Å²) in [4.78, 5) is 0. The zero-order valence-electron chi connectivity index (χ0n) is 10.5. The van der Waals surface area contributed by atoms with Crippen molar-refractivity contribution >= 4 is 0 Å². The maximum Gasteiger partial charge on any atom is 0.0719 e. The third kappa shape index (κ3) is 4.33. The lowest BCUT2D eigenvalue weighted by molar-refractivity contribution is 0.179. The van der Waals surface area contributed by atoms with Crippen LogP contribution in [0.3, 0.4) is 0 Å². The summed E-state index contributed by atoms with van der Waals surface area (Å²) in [6, 6.07) is 7.67. The van der Waals surface area contributed by atoms with Gasteiger partial charge in [0.1, 0.15) is 0 Å². The summed E-state index contributed by atoms with van der Waals surface area (Å²) in [6.07, 6.45) is 3.57. The molecule has 1 radical (unpaired) electrons. The summed E-state index contributed by atoms with van der Waals surface area (Å²) in [7, 11) is 3.42. The molecule has 0 N–H and O–H groups in total. The van der Waals surface area contributed by atoms with E-state index in [4.69, 9.17) is 9.47 Å². The van der Waals surface area contributed by atoms with Crippen LogP contribution in [0.4, 0.5) is 0 Å². The molecule has 0 fully saturated rings. The van der Waals surface area contributed by atoms with Crippen molar-refractivity contribution < 1.29 is 9.47 Å². The van der Waals surface area contributed by atoms with Gasteiger partial charge in [0.25, 0.3) is 0 Å². The summed E-state index contributed by atoms with van der Waals surface area (Å²) in [5.41, 5.74) is 3.59. The van der Waals surface area contributed by atoms with Gasteiger partial charge in [-0.25, -0.2) is 0 Å². The normalized spacial score (nSPS) is 10.7. The van der Waals surface area contributed by atoms with Gasteiger partial charge in [-0.2, -0.15) is 0 Å². The second-order valence-corrected chi connectivity index (χ2v) is 4.01. The predicted molar refractivity (Wildman–Crippen MR) is 65.3 cm³/mol. The summed E-state index contributed by atoms with van der Waals surface area (Å²) in [6.45, 7) is 3.45. The number of rotatable bonds is 7. The lowest BCUT2D eigenvalue weighted by atomic mass is 10.0. The molecule has 0 saturated heterocycles. The number of benzene rings is 1. The summed E-state index contributed by atoms with van der Waals surface area (Å²) in [5, 5.41) is 0. The van der Waals surface area contributed by atoms with Crippen LogP contribution in [0.1, 0.15) is 36.5 Å². The monoisotopic (exact) mass is 221 g/mol. The van der Waals surface area contributed by atoms with E-state index in [1.807, 2.05) is 0 Å². The Bertz CT molecular complexity index is 283. The largest absolute Gasteiger partial charge is 0.380 e. The zero-order valence-corrected chi connectivity index (χ0v) is 10.5. The van der Waals surface area contributed by atoms with E-state index in [0.717, 1.165) is 17.5 Å². The first-order valence-corrected chi connectivity index (χ1v) is 5.82. The molecule has 0 unspecified atom stereocenters. The van der Waals surface area contributed by atoms with Crippen LogP contribution in [0.2, 0.25) is 0 Å². The van der Waals surface area contributed by atoms with Crippen molar-refractivity contribution in [2.75, 3.05) is 14.2 Å². The SMILES string of the molecule is CCCCc1cc(COC)[c]c(COC)c1. The van der Waals surface area contributed by atoms with Gasteiger partial charge in [0.15, 0.2) is 0 Å². The first-order chi connectivity index (χ1) is 7.80. The fraction of sp³-hybridized carbons (Fsp3) is 0.571. The fourth-order valence-corrected chi connectivity index (χ4v) is 1.76. The third-order valence-corrected chi connectivity index (χ3v) is 2.46. The summed E-state index contributed by atoms with van der Waals surface area (Å²) in [5.74, 6) is 0. The lowest BCUT2D eigenvalue weighted by Crippen LogP contribution is -1.97. The minimum absolute atomic E-state index is 0.622. The van der Waals surface area contributed by atoms with Crippen molar-refractivity contribution in [2.24, 2.45) is 0 Å². The van der Waals surface area contributed by atoms with Gasteiger partial charge in [-0.05, 0) is 35.6 Å². The van der Waals surface area contributed by atoms with E-state index in [9.17, 15) is 0 Å². The smallest absolute Gasteiger partial charge is 0.0719 e. The average molecular weight is 221 g/mol. The number of hydrogen-bond acceptors (Lipinski definition) is 2. The molecule has 0 aliphatic carbocycles. The van der Waals surface area contributed by atoms with E-state index in [1.54, 1.807) is 14.2 Å². The zero-order chi connectivity index (χ0) is 11.8. The Balaban J connectivity index is 2.80. The number of aryl methyl sites for hydroxylation is 1. The Morgan fingerprint density at radius 1 is 1.06 bits per heavy atom. The molecule has 1 rings (SSSR count). The van der Waals surface area contributed by atoms with Gasteiger partial charge in [-0.1, -0.05) is 25.5 Å². The minimum atomic E-state index is 0.622. The Hall–Kier alpha value is -0.860. The van der Waals surface area contributed by atoms with E-state index in [0.29, 0.717) is 13.2 Å². The van der Waals surface area contributed by atoms with Crippen molar-refractivity contribution in [1.29, 1.82) is 0 Å². The highest BCUT2D eigenvalue weighted by Crippen LogP contribution is 2.14. The van der Waals surface area contributed by atoms with Crippen molar-refractivity contribution in [2.45, 2.75) is 39.4 Å². The van der Waals surface area contributed by atoms with Gasteiger partial charge >= 0.3 is 0 Å². The van der Waals surface area contributed by atoms with Crippen LogP contribution in [0, 0.1) is 6.07 Å². The van der Waals surface area contributed by atoms with Gasteiger partial charge < -0.3 is 9.47 Å². The summed E-state index contributed by atoms with van der Waals surface area (Å²) < 4.78 is 10.3. The highest BCUT2D eigenvalue weighted by Gasteiger charge is 2.02. The van der Waals surface area contributed by atoms with E-state index >= 15 is 0 Å². The van der Waals surface area contributed by atoms with Crippen LogP contribution in [-0.2, 0) is 29.1 Å². The molecule has 0 saturated carbocycles. The molecule has 89 valence electrons. The Morgan fingerprint density at radius 3 is 2.06 bits per heavy atom. The number of hydrogen-bond donors (Lipinski definition) is 0. The average Bonchev–Trinajstić information content (AvgIpc) is 2.27. The quantitative estimate of drug-likeness (QED) is 0.704. The highest BCUT2D eigenvalue weighted by atomic mass is 16.5. The molecule has 0 bridgehead atoms. The topological polar surface area (TPSA) is 18.5 Å². The van der Waals surface area contributed by atoms with Crippen LogP contribution in [0.5, 0.6) is 0 Å². The van der Waals surface area contributed by atoms with Crippen molar-refractivity contribution in [1.82, 2.24) is 0 Å². The van der Waals surface area contributed by atoms with Crippen molar-refractivity contribution in [3.8, 4) is 0 Å². The maximum atomic E-state index is 5.15. The predicted octanol–water partition coefficient (Wildman–Crippen LogP) is 3.12. The van der Waals surface area contributed by atoms with E-state index in [-0.39, 0.29) is 0 Å². The van der Waals surface area contributed by atoms with E-state index in [1.165, 1.54) is 18.4 Å². The van der Waals surface area contributed by atoms with E-state index < -0.39 is 0 Å². The number of ether oxygens (including phenoxy) is 2. The Labute approximate surface area is 98.6 Å². The van der Waals surface area contributed by atoms with Crippen LogP contribution < -0.4 is 0 Å². The van der Waals surface area contributed by atoms with E-state index in [2.05, 4.69) is 25.1 Å². The Kier molecular flexibility index (Phi) is 6.12. The van der Waals surface area contributed by atoms with Crippen LogP contribution >= 0.6 is 0 Å². The highest BCUT2D eigenvalue weighted by molar-refractivity contribution is 5.28. The standard InChI is InChI=1S/C14H21O2/c1-4-5-6-12-7-13(10-15-2)9-14(8-12)11-16-3/h7-8H,4-6,10-11H2,1-3H3. The molecule has 0 aliphatic rings. The molecule has 16 heavy (non-hydrogen) atoms. The molecule has 0 atom stereocenters. The van der Waals surface area contributed by atoms with Gasteiger partial charge in [0, 0.05) is 14.2 Å². The fourth-order valence-electron chi connectivity index (χ4n) is 1.76. The molecule has 1 aromatic rings. The van der Waals surface area contributed by atoms with Crippen molar-refractivity contribution in [3.05, 3.63) is 34.9 Å². The Morgan fingerprint density at radius 2 is 1.62 bits per heavy atom. The van der Waals surface area contributed by atoms with Crippen molar-refractivity contribution in [3.63, 3.8) is 0 Å². The second-order valence-electron chi connectivity index (χ2n) is 4.01. The first-order valence-electron chi connectivity index (χ1n) is 5.82. The molecule has 0 aliphatic heterocycles. The molecule has 0 heterocycles. The molecule has 2 nitrogen and oxygen atoms in total. The van der Waals surface area contributed by atoms with Gasteiger partial charge in [0.05, 0.1) is 13.2 Å². The molecular formula is C14H21O2. The van der Waals surface area contributed by atoms with Crippen LogP contribution in [-0.4, -0.2) is 14.2 Å². The summed E-state index contributed by atoms with van der Waals surface area (Å²) >= 11 is 0. The first kappa shape index (κ1) is 13.2. The number of unbranched alkanes of at least 4 members (excludes halogenated alkanes) is 1. The van der Waals surface area contributed by atoms with Crippen LogP contribution in [0.25, 0.3) is 0 Å². The lowest BCUT2D eigenvalue weighted by Gasteiger charge is -2.08. The maximum absolute atomic E-state index is 5.15. The molecule has 0 amide bonds.